The number of fused-ring (bicyclic) bond motifs is 1. The first kappa shape index (κ1) is 15.4. The minimum Gasteiger partial charge on any atom is -0.355 e. The summed E-state index contributed by atoms with van der Waals surface area (Å²) in [6.07, 6.45) is 6.48. The molecule has 1 aliphatic carbocycles. The largest absolute Gasteiger partial charge is 0.355 e. The van der Waals surface area contributed by atoms with E-state index < -0.39 is 0 Å². The zero-order valence-corrected chi connectivity index (χ0v) is 14.4. The lowest BCUT2D eigenvalue weighted by Crippen LogP contribution is -2.32. The van der Waals surface area contributed by atoms with Crippen molar-refractivity contribution in [3.05, 3.63) is 54.4 Å². The molecule has 2 fully saturated rings. The molecule has 2 aliphatic rings. The second kappa shape index (κ2) is 6.12. The second-order valence-electron chi connectivity index (χ2n) is 7.21. The first-order chi connectivity index (χ1) is 12.8. The molecule has 1 amide bonds. The number of imidazole rings is 1. The van der Waals surface area contributed by atoms with Crippen molar-refractivity contribution in [2.24, 2.45) is 5.92 Å². The van der Waals surface area contributed by atoms with Gasteiger partial charge in [0.1, 0.15) is 0 Å². The van der Waals surface area contributed by atoms with Gasteiger partial charge in [0.15, 0.2) is 0 Å². The zero-order valence-electron chi connectivity index (χ0n) is 14.4. The molecule has 0 radical (unpaired) electrons. The Morgan fingerprint density at radius 1 is 1.19 bits per heavy atom. The molecular weight excluding hydrogens is 326 g/mol. The molecule has 1 saturated heterocycles. The van der Waals surface area contributed by atoms with Gasteiger partial charge in [-0.2, -0.15) is 0 Å². The molecule has 26 heavy (non-hydrogen) atoms. The number of hydrogen-bond donors (Lipinski definition) is 2. The molecule has 2 atom stereocenters. The van der Waals surface area contributed by atoms with Gasteiger partial charge in [-0.3, -0.25) is 9.78 Å². The van der Waals surface area contributed by atoms with Crippen LogP contribution >= 0.6 is 0 Å². The molecule has 2 N–H and O–H groups in total. The molecule has 132 valence electrons. The van der Waals surface area contributed by atoms with Gasteiger partial charge in [0.2, 0.25) is 11.9 Å². The molecule has 3 aromatic rings. The van der Waals surface area contributed by atoms with Crippen LogP contribution in [0, 0.1) is 5.92 Å². The second-order valence-corrected chi connectivity index (χ2v) is 7.21. The van der Waals surface area contributed by atoms with Crippen molar-refractivity contribution in [3.8, 4) is 0 Å². The third kappa shape index (κ3) is 2.71. The van der Waals surface area contributed by atoms with Crippen LogP contribution in [0.3, 0.4) is 0 Å². The molecule has 2 aromatic heterocycles. The number of benzene rings is 1. The van der Waals surface area contributed by atoms with E-state index >= 15 is 0 Å². The molecule has 6 nitrogen and oxygen atoms in total. The quantitative estimate of drug-likeness (QED) is 0.744. The van der Waals surface area contributed by atoms with Crippen LogP contribution in [0.1, 0.15) is 30.9 Å². The molecular formula is C20H21N5O. The highest BCUT2D eigenvalue weighted by molar-refractivity contribution is 5.80. The number of likely N-dealkylation sites (tertiary alicyclic amines) is 1. The highest BCUT2D eigenvalue weighted by Crippen LogP contribution is 2.44. The predicted octanol–water partition coefficient (Wildman–Crippen LogP) is 3.12. The number of aromatic amines is 1. The van der Waals surface area contributed by atoms with Crippen LogP contribution < -0.4 is 5.32 Å². The van der Waals surface area contributed by atoms with E-state index in [1.165, 1.54) is 0 Å². The number of H-pyrrole nitrogens is 1. The Balaban J connectivity index is 1.38. The molecule has 1 aliphatic heterocycles. The van der Waals surface area contributed by atoms with Gasteiger partial charge >= 0.3 is 0 Å². The van der Waals surface area contributed by atoms with Gasteiger partial charge < -0.3 is 15.2 Å². The Bertz CT molecular complexity index is 901. The normalized spacial score (nSPS) is 22.9. The summed E-state index contributed by atoms with van der Waals surface area (Å²) in [6, 6.07) is 12.5. The van der Waals surface area contributed by atoms with E-state index in [2.05, 4.69) is 31.2 Å². The maximum atomic E-state index is 12.7. The van der Waals surface area contributed by atoms with Gasteiger partial charge in [-0.25, -0.2) is 4.98 Å². The number of carbonyl (C=O) groups excluding carboxylic acids is 1. The van der Waals surface area contributed by atoms with Crippen molar-refractivity contribution >= 4 is 22.9 Å². The van der Waals surface area contributed by atoms with Gasteiger partial charge in [-0.1, -0.05) is 18.2 Å². The van der Waals surface area contributed by atoms with Crippen molar-refractivity contribution in [1.82, 2.24) is 19.9 Å². The lowest BCUT2D eigenvalue weighted by Gasteiger charge is -2.28. The number of anilines is 1. The molecule has 0 unspecified atom stereocenters. The SMILES string of the molecule is O=C1C[C@@H](CNc2nc3ccccc3[nH]2)[C@H](c2cccnc2)N1C1CC1. The summed E-state index contributed by atoms with van der Waals surface area (Å²) in [4.78, 5) is 26.9. The summed E-state index contributed by atoms with van der Waals surface area (Å²) < 4.78 is 0. The fourth-order valence-electron chi connectivity index (χ4n) is 4.04. The molecule has 1 saturated carbocycles. The summed E-state index contributed by atoms with van der Waals surface area (Å²) in [5.74, 6) is 1.23. The lowest BCUT2D eigenvalue weighted by atomic mass is 9.94. The summed E-state index contributed by atoms with van der Waals surface area (Å²) in [6.45, 7) is 0.703. The summed E-state index contributed by atoms with van der Waals surface area (Å²) in [5.41, 5.74) is 3.09. The van der Waals surface area contributed by atoms with Crippen LogP contribution in [-0.4, -0.2) is 38.3 Å². The lowest BCUT2D eigenvalue weighted by molar-refractivity contribution is -0.129. The minimum absolute atomic E-state index is 0.0978. The number of hydrogen-bond acceptors (Lipinski definition) is 4. The minimum atomic E-state index is 0.0978. The summed E-state index contributed by atoms with van der Waals surface area (Å²) in [7, 11) is 0. The topological polar surface area (TPSA) is 73.9 Å². The highest BCUT2D eigenvalue weighted by atomic mass is 16.2. The van der Waals surface area contributed by atoms with Gasteiger partial charge in [0, 0.05) is 37.3 Å². The zero-order chi connectivity index (χ0) is 17.5. The molecule has 6 heteroatoms. The standard InChI is InChI=1S/C20H21N5O/c26-18-10-14(12-22-20-23-16-5-1-2-6-17(16)24-20)19(25(18)15-7-8-15)13-4-3-9-21-11-13/h1-6,9,11,14-15,19H,7-8,10,12H2,(H2,22,23,24)/t14-,19-/m0/s1. The number of rotatable bonds is 5. The van der Waals surface area contributed by atoms with Crippen LogP contribution in [0.25, 0.3) is 11.0 Å². The first-order valence-electron chi connectivity index (χ1n) is 9.19. The number of nitrogens with one attached hydrogen (secondary N) is 2. The van der Waals surface area contributed by atoms with E-state index in [4.69, 9.17) is 0 Å². The number of carbonyl (C=O) groups is 1. The van der Waals surface area contributed by atoms with E-state index in [9.17, 15) is 4.79 Å². The summed E-state index contributed by atoms with van der Waals surface area (Å²) in [5, 5.41) is 3.41. The van der Waals surface area contributed by atoms with Crippen molar-refractivity contribution in [1.29, 1.82) is 0 Å². The van der Waals surface area contributed by atoms with Crippen LogP contribution in [-0.2, 0) is 4.79 Å². The Morgan fingerprint density at radius 3 is 2.85 bits per heavy atom. The van der Waals surface area contributed by atoms with Crippen LogP contribution in [0.4, 0.5) is 5.95 Å². The van der Waals surface area contributed by atoms with Gasteiger partial charge in [0.25, 0.3) is 0 Å². The van der Waals surface area contributed by atoms with E-state index in [-0.39, 0.29) is 17.9 Å². The van der Waals surface area contributed by atoms with Gasteiger partial charge in [0.05, 0.1) is 17.1 Å². The smallest absolute Gasteiger partial charge is 0.223 e. The predicted molar refractivity (Wildman–Crippen MR) is 99.5 cm³/mol. The third-order valence-corrected chi connectivity index (χ3v) is 5.36. The maximum absolute atomic E-state index is 12.7. The maximum Gasteiger partial charge on any atom is 0.223 e. The van der Waals surface area contributed by atoms with Crippen molar-refractivity contribution in [2.75, 3.05) is 11.9 Å². The van der Waals surface area contributed by atoms with Gasteiger partial charge in [-0.05, 0) is 36.6 Å². The Morgan fingerprint density at radius 2 is 2.08 bits per heavy atom. The van der Waals surface area contributed by atoms with Crippen molar-refractivity contribution < 1.29 is 4.79 Å². The van der Waals surface area contributed by atoms with E-state index in [0.717, 1.165) is 35.4 Å². The van der Waals surface area contributed by atoms with E-state index in [1.807, 2.05) is 36.5 Å². The molecule has 3 heterocycles. The summed E-state index contributed by atoms with van der Waals surface area (Å²) >= 11 is 0. The average Bonchev–Trinajstić information content (AvgIpc) is 3.32. The third-order valence-electron chi connectivity index (χ3n) is 5.36. The molecule has 0 bridgehead atoms. The number of amides is 1. The number of nitrogens with zero attached hydrogens (tertiary/aromatic N) is 3. The Labute approximate surface area is 151 Å². The first-order valence-corrected chi connectivity index (χ1v) is 9.19. The van der Waals surface area contributed by atoms with Crippen molar-refractivity contribution in [2.45, 2.75) is 31.3 Å². The Hall–Kier alpha value is -2.89. The Kier molecular flexibility index (Phi) is 3.62. The fraction of sp³-hybridized carbons (Fsp3) is 0.350. The van der Waals surface area contributed by atoms with Crippen LogP contribution in [0.15, 0.2) is 48.8 Å². The number of para-hydroxylation sites is 2. The van der Waals surface area contributed by atoms with E-state index in [0.29, 0.717) is 19.0 Å². The molecule has 5 rings (SSSR count). The van der Waals surface area contributed by atoms with Crippen LogP contribution in [0.2, 0.25) is 0 Å². The molecule has 1 aromatic carbocycles. The van der Waals surface area contributed by atoms with Gasteiger partial charge in [-0.15, -0.1) is 0 Å². The fourth-order valence-corrected chi connectivity index (χ4v) is 4.04. The number of pyridine rings is 1. The number of aromatic nitrogens is 3. The van der Waals surface area contributed by atoms with E-state index in [1.54, 1.807) is 6.20 Å². The van der Waals surface area contributed by atoms with Crippen molar-refractivity contribution in [3.63, 3.8) is 0 Å². The molecule has 0 spiro atoms. The average molecular weight is 347 g/mol. The van der Waals surface area contributed by atoms with Crippen LogP contribution in [0.5, 0.6) is 0 Å². The highest BCUT2D eigenvalue weighted by Gasteiger charge is 2.47. The monoisotopic (exact) mass is 347 g/mol.